The highest BCUT2D eigenvalue weighted by Gasteiger charge is 2.48. The second-order valence-corrected chi connectivity index (χ2v) is 10.9. The number of fused-ring (bicyclic) bond motifs is 1. The van der Waals surface area contributed by atoms with Gasteiger partial charge < -0.3 is 19.5 Å². The van der Waals surface area contributed by atoms with Gasteiger partial charge in [0.05, 0.1) is 6.54 Å². The molecule has 0 amide bonds. The highest BCUT2D eigenvalue weighted by atomic mass is 19.4. The molecule has 2 unspecified atom stereocenters. The van der Waals surface area contributed by atoms with Gasteiger partial charge in [0, 0.05) is 17.6 Å². The lowest BCUT2D eigenvalue weighted by Gasteiger charge is -2.35. The summed E-state index contributed by atoms with van der Waals surface area (Å²) in [6, 6.07) is 17.2. The number of para-hydroxylation sites is 1. The van der Waals surface area contributed by atoms with E-state index in [0.717, 1.165) is 12.1 Å². The predicted molar refractivity (Wildman–Crippen MR) is 148 cm³/mol. The Balaban J connectivity index is 1.56. The number of aliphatic hydroxyl groups is 1. The van der Waals surface area contributed by atoms with E-state index in [1.54, 1.807) is 48.6 Å². The fraction of sp³-hybridized carbons (Fsp3) is 0.312. The molecule has 0 radical (unpaired) electrons. The molecular weight excluding hydrogens is 617 g/mol. The Labute approximate surface area is 252 Å². The van der Waals surface area contributed by atoms with Gasteiger partial charge in [-0.05, 0) is 71.4 Å². The van der Waals surface area contributed by atoms with Crippen molar-refractivity contribution in [2.75, 3.05) is 18.0 Å². The summed E-state index contributed by atoms with van der Waals surface area (Å²) < 4.78 is 126. The molecule has 3 aromatic carbocycles. The largest absolute Gasteiger partial charge is 0.573 e. The van der Waals surface area contributed by atoms with Crippen LogP contribution in [0.25, 0.3) is 5.57 Å². The number of aliphatic hydroxyl groups excluding tert-OH is 1. The monoisotopic (exact) mass is 643 g/mol. The summed E-state index contributed by atoms with van der Waals surface area (Å²) in [6.45, 7) is -0.911. The van der Waals surface area contributed by atoms with E-state index in [1.165, 1.54) is 29.2 Å². The molecule has 0 fully saturated rings. The quantitative estimate of drug-likeness (QED) is 0.250. The standard InChI is InChI=1S/C32H26F9NO3/c33-30(34,35)28(43)18-42-19-29(26-12-1-2-13-27(26)42,23-9-5-11-25(16-23)45-32(39,40)41)17-20-6-3-7-21(14-20)22-8-4-10-24(15-22)44-31(36,37)38/h1-5,7-16,20,28,43H,6,17-19H2/t20?,28-,29?/m1/s1. The first-order valence-electron chi connectivity index (χ1n) is 13.7. The lowest BCUT2D eigenvalue weighted by atomic mass is 9.69. The van der Waals surface area contributed by atoms with Crippen LogP contribution in [0.5, 0.6) is 11.5 Å². The Kier molecular flexibility index (Phi) is 8.60. The molecule has 0 aromatic heterocycles. The SMILES string of the molecule is O[C@H](CN1CC(CC2C=C(c3cccc(OC(F)(F)F)c3)C=CC2)(c2cccc(OC(F)(F)F)c2)c2ccccc21)C(F)(F)F. The number of allylic oxidation sites excluding steroid dienone is 4. The molecule has 0 saturated carbocycles. The molecule has 1 heterocycles. The van der Waals surface area contributed by atoms with Crippen LogP contribution in [0.2, 0.25) is 0 Å². The van der Waals surface area contributed by atoms with Gasteiger partial charge >= 0.3 is 18.9 Å². The maximum Gasteiger partial charge on any atom is 0.573 e. The molecule has 1 aliphatic heterocycles. The molecule has 3 aromatic rings. The topological polar surface area (TPSA) is 41.9 Å². The summed E-state index contributed by atoms with van der Waals surface area (Å²) in [7, 11) is 0. The summed E-state index contributed by atoms with van der Waals surface area (Å²) in [5.74, 6) is -1.27. The summed E-state index contributed by atoms with van der Waals surface area (Å²) >= 11 is 0. The molecule has 0 spiro atoms. The number of anilines is 1. The predicted octanol–water partition coefficient (Wildman–Crippen LogP) is 8.56. The molecule has 4 nitrogen and oxygen atoms in total. The number of β-amino-alcohol motifs (C(OH)–C–C–N with tert-alkyl or cyclic N) is 1. The lowest BCUT2D eigenvalue weighted by Crippen LogP contribution is -2.43. The number of halogens is 9. The molecule has 3 atom stereocenters. The van der Waals surface area contributed by atoms with Crippen molar-refractivity contribution in [2.45, 2.75) is 43.3 Å². The van der Waals surface area contributed by atoms with Crippen LogP contribution in [0.4, 0.5) is 45.2 Å². The van der Waals surface area contributed by atoms with Crippen molar-refractivity contribution in [2.24, 2.45) is 5.92 Å². The van der Waals surface area contributed by atoms with E-state index in [2.05, 4.69) is 9.47 Å². The summed E-state index contributed by atoms with van der Waals surface area (Å²) in [5, 5.41) is 9.95. The zero-order chi connectivity index (χ0) is 32.6. The van der Waals surface area contributed by atoms with Crippen molar-refractivity contribution in [1.82, 2.24) is 0 Å². The van der Waals surface area contributed by atoms with Gasteiger partial charge in [0.1, 0.15) is 11.5 Å². The van der Waals surface area contributed by atoms with Crippen molar-refractivity contribution in [3.63, 3.8) is 0 Å². The van der Waals surface area contributed by atoms with Crippen LogP contribution in [-0.2, 0) is 5.41 Å². The third-order valence-electron chi connectivity index (χ3n) is 7.78. The van der Waals surface area contributed by atoms with Crippen LogP contribution in [0, 0.1) is 5.92 Å². The molecule has 0 bridgehead atoms. The van der Waals surface area contributed by atoms with Crippen LogP contribution in [0.3, 0.4) is 0 Å². The number of rotatable bonds is 8. The number of hydrogen-bond donors (Lipinski definition) is 1. The summed E-state index contributed by atoms with van der Waals surface area (Å²) in [4.78, 5) is 1.37. The zero-order valence-electron chi connectivity index (χ0n) is 23.3. The summed E-state index contributed by atoms with van der Waals surface area (Å²) in [6.07, 6.45) is -11.5. The first kappa shape index (κ1) is 32.3. The number of benzene rings is 3. The minimum absolute atomic E-state index is 0.104. The Morgan fingerprint density at radius 2 is 1.47 bits per heavy atom. The second-order valence-electron chi connectivity index (χ2n) is 10.9. The van der Waals surface area contributed by atoms with Crippen LogP contribution < -0.4 is 14.4 Å². The average Bonchev–Trinajstić information content (AvgIpc) is 3.25. The van der Waals surface area contributed by atoms with Gasteiger partial charge in [-0.25, -0.2) is 0 Å². The highest BCUT2D eigenvalue weighted by molar-refractivity contribution is 5.76. The molecule has 240 valence electrons. The smallest absolute Gasteiger partial charge is 0.406 e. The van der Waals surface area contributed by atoms with Gasteiger partial charge in [-0.2, -0.15) is 13.2 Å². The van der Waals surface area contributed by atoms with E-state index in [0.29, 0.717) is 34.4 Å². The van der Waals surface area contributed by atoms with Crippen LogP contribution >= 0.6 is 0 Å². The normalized spacial score (nSPS) is 20.9. The maximum atomic E-state index is 13.4. The fourth-order valence-electron chi connectivity index (χ4n) is 6.06. The average molecular weight is 644 g/mol. The first-order valence-corrected chi connectivity index (χ1v) is 13.7. The van der Waals surface area contributed by atoms with Crippen molar-refractivity contribution < 1.29 is 54.1 Å². The molecule has 0 saturated heterocycles. The van der Waals surface area contributed by atoms with Crippen molar-refractivity contribution in [3.8, 4) is 11.5 Å². The minimum atomic E-state index is -4.99. The van der Waals surface area contributed by atoms with Crippen molar-refractivity contribution in [3.05, 3.63) is 108 Å². The van der Waals surface area contributed by atoms with Gasteiger partial charge in [-0.15, -0.1) is 26.3 Å². The van der Waals surface area contributed by atoms with Gasteiger partial charge in [-0.3, -0.25) is 0 Å². The van der Waals surface area contributed by atoms with Crippen LogP contribution in [0.1, 0.15) is 29.5 Å². The maximum absolute atomic E-state index is 13.4. The first-order chi connectivity index (χ1) is 21.0. The molecule has 45 heavy (non-hydrogen) atoms. The Morgan fingerprint density at radius 3 is 2.13 bits per heavy atom. The molecular formula is C32H26F9NO3. The van der Waals surface area contributed by atoms with Crippen molar-refractivity contribution in [1.29, 1.82) is 0 Å². The Bertz CT molecular complexity index is 1580. The molecule has 13 heteroatoms. The number of hydrogen-bond acceptors (Lipinski definition) is 4. The zero-order valence-corrected chi connectivity index (χ0v) is 23.3. The lowest BCUT2D eigenvalue weighted by molar-refractivity contribution is -0.275. The third kappa shape index (κ3) is 7.58. The van der Waals surface area contributed by atoms with E-state index >= 15 is 0 Å². The van der Waals surface area contributed by atoms with Crippen molar-refractivity contribution >= 4 is 11.3 Å². The fourth-order valence-corrected chi connectivity index (χ4v) is 6.06. The van der Waals surface area contributed by atoms with E-state index in [9.17, 15) is 44.6 Å². The number of nitrogens with zero attached hydrogens (tertiary/aromatic N) is 1. The van der Waals surface area contributed by atoms with E-state index in [-0.39, 0.29) is 18.9 Å². The Hall–Kier alpha value is -4.13. The van der Waals surface area contributed by atoms with Gasteiger partial charge in [0.25, 0.3) is 0 Å². The van der Waals surface area contributed by atoms with Gasteiger partial charge in [0.2, 0.25) is 0 Å². The molecule has 5 rings (SSSR count). The van der Waals surface area contributed by atoms with Gasteiger partial charge in [-0.1, -0.05) is 60.7 Å². The molecule has 2 aliphatic rings. The summed E-state index contributed by atoms with van der Waals surface area (Å²) in [5.41, 5.74) is 1.12. The van der Waals surface area contributed by atoms with Crippen LogP contribution in [0.15, 0.2) is 91.0 Å². The van der Waals surface area contributed by atoms with E-state index in [1.807, 2.05) is 6.08 Å². The number of ether oxygens (including phenoxy) is 2. The Morgan fingerprint density at radius 1 is 0.822 bits per heavy atom. The highest BCUT2D eigenvalue weighted by Crippen LogP contribution is 2.51. The second kappa shape index (κ2) is 12.0. The van der Waals surface area contributed by atoms with E-state index in [4.69, 9.17) is 0 Å². The minimum Gasteiger partial charge on any atom is -0.406 e. The molecule has 1 N–H and O–H groups in total. The number of alkyl halides is 9. The van der Waals surface area contributed by atoms with Gasteiger partial charge in [0.15, 0.2) is 6.10 Å². The molecule has 1 aliphatic carbocycles. The van der Waals surface area contributed by atoms with Crippen LogP contribution in [-0.4, -0.2) is 43.2 Å². The van der Waals surface area contributed by atoms with E-state index < -0.39 is 48.5 Å². The third-order valence-corrected chi connectivity index (χ3v) is 7.78.